The Kier molecular flexibility index (Phi) is 4.49. The number of carbonyl (C=O) groups excluding carboxylic acids is 1. The Morgan fingerprint density at radius 1 is 1.50 bits per heavy atom. The fourth-order valence-electron chi connectivity index (χ4n) is 2.96. The lowest BCUT2D eigenvalue weighted by atomic mass is 10.1. The van der Waals surface area contributed by atoms with Crippen LogP contribution in [0.5, 0.6) is 0 Å². The van der Waals surface area contributed by atoms with Crippen LogP contribution in [-0.2, 0) is 19.0 Å². The molecule has 0 amide bonds. The number of esters is 1. The maximum absolute atomic E-state index is 13.5. The van der Waals surface area contributed by atoms with Gasteiger partial charge in [-0.05, 0) is 34.6 Å². The number of likely N-dealkylation sites (tertiary alicyclic amines) is 1. The zero-order valence-electron chi connectivity index (χ0n) is 13.6. The van der Waals surface area contributed by atoms with Gasteiger partial charge >= 0.3 is 5.97 Å². The first-order valence-electron chi connectivity index (χ1n) is 7.38. The molecule has 2 heterocycles. The molecule has 22 heavy (non-hydrogen) atoms. The summed E-state index contributed by atoms with van der Waals surface area (Å²) in [5, 5.41) is 9.34. The molecule has 0 aliphatic carbocycles. The minimum Gasteiger partial charge on any atom is -0.458 e. The van der Waals surface area contributed by atoms with E-state index >= 15 is 0 Å². The van der Waals surface area contributed by atoms with Crippen LogP contribution in [-0.4, -0.2) is 59.8 Å². The van der Waals surface area contributed by atoms with Crippen LogP contribution < -0.4 is 0 Å². The fourth-order valence-corrected chi connectivity index (χ4v) is 2.96. The zero-order valence-corrected chi connectivity index (χ0v) is 13.6. The van der Waals surface area contributed by atoms with Crippen molar-refractivity contribution in [2.24, 2.45) is 0 Å². The molecule has 0 saturated carbocycles. The van der Waals surface area contributed by atoms with E-state index in [-0.39, 0.29) is 12.6 Å². The maximum atomic E-state index is 13.5. The van der Waals surface area contributed by atoms with Crippen molar-refractivity contribution in [2.45, 2.75) is 70.3 Å². The van der Waals surface area contributed by atoms with Gasteiger partial charge in [-0.2, -0.15) is 5.26 Å². The molecule has 2 aliphatic rings. The first-order chi connectivity index (χ1) is 10.1. The van der Waals surface area contributed by atoms with Crippen LogP contribution in [0.4, 0.5) is 4.39 Å². The Morgan fingerprint density at radius 2 is 2.14 bits per heavy atom. The van der Waals surface area contributed by atoms with Crippen LogP contribution in [0.15, 0.2) is 0 Å². The van der Waals surface area contributed by atoms with E-state index in [1.54, 1.807) is 34.6 Å². The first kappa shape index (κ1) is 17.1. The van der Waals surface area contributed by atoms with Gasteiger partial charge in [0.1, 0.15) is 24.5 Å². The van der Waals surface area contributed by atoms with Crippen molar-refractivity contribution in [3.05, 3.63) is 0 Å². The SMILES string of the molecule is CC(C)(C)OC(=O)[C@H](C#N)N1C[C@@H]2OC(C)(C)O[C@@H]2[C@H]1CF. The van der Waals surface area contributed by atoms with Crippen LogP contribution in [0.1, 0.15) is 34.6 Å². The van der Waals surface area contributed by atoms with Crippen molar-refractivity contribution < 1.29 is 23.4 Å². The lowest BCUT2D eigenvalue weighted by molar-refractivity contribution is -0.171. The third-order valence-electron chi connectivity index (χ3n) is 3.66. The number of hydrogen-bond donors (Lipinski definition) is 0. The molecule has 2 saturated heterocycles. The summed E-state index contributed by atoms with van der Waals surface area (Å²) in [6.45, 7) is 8.24. The van der Waals surface area contributed by atoms with E-state index in [1.165, 1.54) is 4.90 Å². The van der Waals surface area contributed by atoms with Gasteiger partial charge in [-0.15, -0.1) is 0 Å². The second kappa shape index (κ2) is 5.76. The molecule has 2 aliphatic heterocycles. The predicted molar refractivity (Wildman–Crippen MR) is 75.5 cm³/mol. The van der Waals surface area contributed by atoms with E-state index < -0.39 is 42.2 Å². The van der Waals surface area contributed by atoms with Crippen LogP contribution in [0.3, 0.4) is 0 Å². The van der Waals surface area contributed by atoms with Crippen LogP contribution >= 0.6 is 0 Å². The number of alkyl halides is 1. The average Bonchev–Trinajstić information content (AvgIpc) is 2.79. The highest BCUT2D eigenvalue weighted by atomic mass is 19.1. The quantitative estimate of drug-likeness (QED) is 0.733. The first-order valence-corrected chi connectivity index (χ1v) is 7.38. The Morgan fingerprint density at radius 3 is 2.64 bits per heavy atom. The van der Waals surface area contributed by atoms with Crippen LogP contribution in [0.2, 0.25) is 0 Å². The highest BCUT2D eigenvalue weighted by Crippen LogP contribution is 2.37. The summed E-state index contributed by atoms with van der Waals surface area (Å²) in [6.07, 6.45) is -0.840. The maximum Gasteiger partial charge on any atom is 0.338 e. The molecule has 0 N–H and O–H groups in total. The van der Waals surface area contributed by atoms with Gasteiger partial charge in [-0.1, -0.05) is 0 Å². The summed E-state index contributed by atoms with van der Waals surface area (Å²) in [4.78, 5) is 13.7. The second-order valence-corrected chi connectivity index (χ2v) is 7.12. The monoisotopic (exact) mass is 314 g/mol. The topological polar surface area (TPSA) is 71.8 Å². The standard InChI is InChI=1S/C15H23FN2O4/c1-14(2,3)22-13(19)10(7-17)18-8-11-12(9(18)6-16)21-15(4,5)20-11/h9-12H,6,8H2,1-5H3/t9-,10+,11+,12-/m1/s1. The van der Waals surface area contributed by atoms with Crippen LogP contribution in [0.25, 0.3) is 0 Å². The molecule has 0 aromatic carbocycles. The highest BCUT2D eigenvalue weighted by molar-refractivity contribution is 5.79. The summed E-state index contributed by atoms with van der Waals surface area (Å²) in [7, 11) is 0. The van der Waals surface area contributed by atoms with Crippen LogP contribution in [0, 0.1) is 11.3 Å². The number of nitrogens with zero attached hydrogens (tertiary/aromatic N) is 2. The lowest BCUT2D eigenvalue weighted by Gasteiger charge is -2.31. The molecular weight excluding hydrogens is 291 g/mol. The normalized spacial score (nSPS) is 32.3. The molecule has 0 aromatic rings. The summed E-state index contributed by atoms with van der Waals surface area (Å²) in [6, 6.07) is 0.0576. The number of fused-ring (bicyclic) bond motifs is 1. The van der Waals surface area contributed by atoms with Gasteiger partial charge in [0.05, 0.1) is 12.1 Å². The summed E-state index contributed by atoms with van der Waals surface area (Å²) in [5.74, 6) is -1.45. The van der Waals surface area contributed by atoms with E-state index in [0.717, 1.165) is 0 Å². The molecule has 0 unspecified atom stereocenters. The Balaban J connectivity index is 2.15. The molecule has 124 valence electrons. The van der Waals surface area contributed by atoms with E-state index in [0.29, 0.717) is 0 Å². The summed E-state index contributed by atoms with van der Waals surface area (Å²) in [5.41, 5.74) is -0.706. The number of rotatable bonds is 3. The molecule has 6 nitrogen and oxygen atoms in total. The average molecular weight is 314 g/mol. The van der Waals surface area contributed by atoms with E-state index in [9.17, 15) is 14.4 Å². The minimum absolute atomic E-state index is 0.264. The third kappa shape index (κ3) is 3.40. The molecule has 0 bridgehead atoms. The van der Waals surface area contributed by atoms with Gasteiger partial charge in [-0.25, -0.2) is 9.18 Å². The largest absolute Gasteiger partial charge is 0.458 e. The van der Waals surface area contributed by atoms with Gasteiger partial charge < -0.3 is 14.2 Å². The molecule has 0 spiro atoms. The third-order valence-corrected chi connectivity index (χ3v) is 3.66. The van der Waals surface area contributed by atoms with Gasteiger partial charge in [0, 0.05) is 6.54 Å². The number of nitriles is 1. The van der Waals surface area contributed by atoms with Crippen molar-refractivity contribution in [1.82, 2.24) is 4.90 Å². The Bertz CT molecular complexity index is 483. The van der Waals surface area contributed by atoms with Gasteiger partial charge in [0.15, 0.2) is 11.8 Å². The number of halogens is 1. The Labute approximate surface area is 130 Å². The highest BCUT2D eigenvalue weighted by Gasteiger charge is 2.55. The fraction of sp³-hybridized carbons (Fsp3) is 0.867. The molecule has 2 fully saturated rings. The Hall–Kier alpha value is -1.23. The van der Waals surface area contributed by atoms with E-state index in [1.807, 2.05) is 6.07 Å². The molecule has 2 rings (SSSR count). The molecule has 4 atom stereocenters. The van der Waals surface area contributed by atoms with Crippen molar-refractivity contribution in [1.29, 1.82) is 5.26 Å². The van der Waals surface area contributed by atoms with E-state index in [4.69, 9.17) is 14.2 Å². The van der Waals surface area contributed by atoms with Gasteiger partial charge in [0.25, 0.3) is 0 Å². The van der Waals surface area contributed by atoms with Crippen molar-refractivity contribution in [2.75, 3.05) is 13.2 Å². The van der Waals surface area contributed by atoms with Crippen molar-refractivity contribution in [3.63, 3.8) is 0 Å². The van der Waals surface area contributed by atoms with E-state index in [2.05, 4.69) is 0 Å². The summed E-state index contributed by atoms with van der Waals surface area (Å²) >= 11 is 0. The number of ether oxygens (including phenoxy) is 3. The predicted octanol–water partition coefficient (Wildman–Crippen LogP) is 1.39. The molecular formula is C15H23FN2O4. The van der Waals surface area contributed by atoms with Crippen molar-refractivity contribution >= 4 is 5.97 Å². The minimum atomic E-state index is -1.17. The zero-order chi connectivity index (χ0) is 16.7. The van der Waals surface area contributed by atoms with Gasteiger partial charge in [-0.3, -0.25) is 4.90 Å². The molecule has 0 radical (unpaired) electrons. The van der Waals surface area contributed by atoms with Gasteiger partial charge in [0.2, 0.25) is 0 Å². The summed E-state index contributed by atoms with van der Waals surface area (Å²) < 4.78 is 30.2. The molecule has 7 heteroatoms. The lowest BCUT2D eigenvalue weighted by Crippen LogP contribution is -2.49. The van der Waals surface area contributed by atoms with Crippen molar-refractivity contribution in [3.8, 4) is 6.07 Å². The smallest absolute Gasteiger partial charge is 0.338 e. The number of carbonyl (C=O) groups is 1. The number of hydrogen-bond acceptors (Lipinski definition) is 6. The molecule has 0 aromatic heterocycles. The second-order valence-electron chi connectivity index (χ2n) is 7.12.